The Morgan fingerprint density at radius 1 is 1.29 bits per heavy atom. The largest absolute Gasteiger partial charge is 0.323 e. The number of imidazole rings is 1. The van der Waals surface area contributed by atoms with E-state index < -0.39 is 0 Å². The van der Waals surface area contributed by atoms with E-state index in [-0.39, 0.29) is 5.82 Å². The van der Waals surface area contributed by atoms with Crippen LogP contribution in [0, 0.1) is 11.7 Å². The van der Waals surface area contributed by atoms with Gasteiger partial charge in [-0.2, -0.15) is 0 Å². The third-order valence-electron chi connectivity index (χ3n) is 5.02. The van der Waals surface area contributed by atoms with Crippen LogP contribution in [0.25, 0.3) is 11.0 Å². The minimum atomic E-state index is -0.233. The molecule has 0 radical (unpaired) electrons. The molecule has 0 amide bonds. The van der Waals surface area contributed by atoms with Crippen LogP contribution in [-0.2, 0) is 6.42 Å². The average molecular weight is 308 g/mol. The van der Waals surface area contributed by atoms with Gasteiger partial charge < -0.3 is 9.47 Å². The number of nitrogens with zero attached hydrogens (tertiary/aromatic N) is 3. The van der Waals surface area contributed by atoms with Crippen LogP contribution in [0.15, 0.2) is 18.2 Å². The molecule has 1 atom stereocenters. The molecule has 112 valence electrons. The van der Waals surface area contributed by atoms with E-state index in [9.17, 15) is 4.39 Å². The second-order valence-corrected chi connectivity index (χ2v) is 6.53. The van der Waals surface area contributed by atoms with Crippen molar-refractivity contribution in [1.82, 2.24) is 14.5 Å². The topological polar surface area (TPSA) is 21.1 Å². The van der Waals surface area contributed by atoms with Gasteiger partial charge in [-0.15, -0.1) is 11.6 Å². The number of aromatic nitrogens is 2. The molecule has 21 heavy (non-hydrogen) atoms. The van der Waals surface area contributed by atoms with Crippen molar-refractivity contribution in [2.45, 2.75) is 25.3 Å². The average Bonchev–Trinajstić information content (AvgIpc) is 2.88. The molecular formula is C16H19ClFN3. The number of fused-ring (bicyclic) bond motifs is 4. The lowest BCUT2D eigenvalue weighted by atomic mass is 9.83. The predicted octanol–water partition coefficient (Wildman–Crippen LogP) is 3.22. The molecule has 3 aliphatic rings. The van der Waals surface area contributed by atoms with Gasteiger partial charge >= 0.3 is 0 Å². The number of hydrogen-bond acceptors (Lipinski definition) is 2. The van der Waals surface area contributed by atoms with Crippen molar-refractivity contribution >= 4 is 22.6 Å². The molecule has 2 bridgehead atoms. The van der Waals surface area contributed by atoms with Crippen LogP contribution in [0.1, 0.15) is 24.7 Å². The summed E-state index contributed by atoms with van der Waals surface area (Å²) in [4.78, 5) is 7.06. The number of halogens is 2. The Morgan fingerprint density at radius 2 is 2.10 bits per heavy atom. The standard InChI is InChI=1S/C16H19ClFN3/c17-7-4-15-19-16-12(18)2-1-3-13(16)21(15)14-10-20-8-5-11(14)6-9-20/h1-3,11,14H,4-10H2. The highest BCUT2D eigenvalue weighted by Crippen LogP contribution is 2.38. The molecule has 3 fully saturated rings. The number of rotatable bonds is 3. The van der Waals surface area contributed by atoms with E-state index in [1.54, 1.807) is 6.07 Å². The van der Waals surface area contributed by atoms with E-state index in [0.29, 0.717) is 29.8 Å². The van der Waals surface area contributed by atoms with E-state index in [4.69, 9.17) is 11.6 Å². The quantitative estimate of drug-likeness (QED) is 0.812. The van der Waals surface area contributed by atoms with Crippen LogP contribution in [0.3, 0.4) is 0 Å². The van der Waals surface area contributed by atoms with E-state index >= 15 is 0 Å². The van der Waals surface area contributed by atoms with E-state index in [1.165, 1.54) is 32.0 Å². The zero-order valence-corrected chi connectivity index (χ0v) is 12.7. The molecular weight excluding hydrogens is 289 g/mol. The summed E-state index contributed by atoms with van der Waals surface area (Å²) in [5.41, 5.74) is 1.42. The summed E-state index contributed by atoms with van der Waals surface area (Å²) in [6, 6.07) is 5.67. The Hall–Kier alpha value is -1.13. The maximum Gasteiger partial charge on any atom is 0.151 e. The summed E-state index contributed by atoms with van der Waals surface area (Å²) in [6.45, 7) is 3.46. The van der Waals surface area contributed by atoms with Crippen LogP contribution in [-0.4, -0.2) is 40.0 Å². The molecule has 1 unspecified atom stereocenters. The lowest BCUT2D eigenvalue weighted by molar-refractivity contribution is 0.0576. The van der Waals surface area contributed by atoms with E-state index in [2.05, 4.69) is 14.5 Å². The Morgan fingerprint density at radius 3 is 2.76 bits per heavy atom. The number of para-hydroxylation sites is 1. The number of hydrogen-bond donors (Lipinski definition) is 0. The first kappa shape index (κ1) is 13.5. The number of alkyl halides is 1. The summed E-state index contributed by atoms with van der Waals surface area (Å²) in [7, 11) is 0. The molecule has 1 aromatic heterocycles. The third kappa shape index (κ3) is 2.16. The predicted molar refractivity (Wildman–Crippen MR) is 82.3 cm³/mol. The first-order valence-electron chi connectivity index (χ1n) is 7.71. The van der Waals surface area contributed by atoms with Crippen LogP contribution < -0.4 is 0 Å². The second-order valence-electron chi connectivity index (χ2n) is 6.15. The van der Waals surface area contributed by atoms with Crippen molar-refractivity contribution in [3.05, 3.63) is 29.8 Å². The smallest absolute Gasteiger partial charge is 0.151 e. The van der Waals surface area contributed by atoms with E-state index in [0.717, 1.165) is 17.9 Å². The van der Waals surface area contributed by atoms with E-state index in [1.807, 2.05) is 6.07 Å². The van der Waals surface area contributed by atoms with Gasteiger partial charge in [0.1, 0.15) is 11.3 Å². The van der Waals surface area contributed by atoms with Gasteiger partial charge in [0.25, 0.3) is 0 Å². The fourth-order valence-corrected chi connectivity index (χ4v) is 4.16. The Bertz CT molecular complexity index is 661. The first-order valence-corrected chi connectivity index (χ1v) is 8.25. The number of benzene rings is 1. The van der Waals surface area contributed by atoms with Crippen molar-refractivity contribution in [3.63, 3.8) is 0 Å². The summed E-state index contributed by atoms with van der Waals surface area (Å²) in [5, 5.41) is 0. The van der Waals surface area contributed by atoms with Gasteiger partial charge in [-0.1, -0.05) is 6.07 Å². The van der Waals surface area contributed by atoms with Gasteiger partial charge in [0, 0.05) is 18.8 Å². The minimum Gasteiger partial charge on any atom is -0.323 e. The molecule has 1 aromatic carbocycles. The lowest BCUT2D eigenvalue weighted by Gasteiger charge is -2.45. The maximum absolute atomic E-state index is 14.1. The van der Waals surface area contributed by atoms with Gasteiger partial charge in [-0.3, -0.25) is 0 Å². The SMILES string of the molecule is Fc1cccc2c1nc(CCCl)n2C1CN2CCC1CC2. The van der Waals surface area contributed by atoms with Crippen molar-refractivity contribution in [2.24, 2.45) is 5.92 Å². The minimum absolute atomic E-state index is 0.233. The molecule has 3 aliphatic heterocycles. The van der Waals surface area contributed by atoms with Crippen molar-refractivity contribution < 1.29 is 4.39 Å². The van der Waals surface area contributed by atoms with Gasteiger partial charge in [0.2, 0.25) is 0 Å². The van der Waals surface area contributed by atoms with Crippen LogP contribution in [0.5, 0.6) is 0 Å². The second kappa shape index (κ2) is 5.25. The van der Waals surface area contributed by atoms with Crippen molar-refractivity contribution in [2.75, 3.05) is 25.5 Å². The highest BCUT2D eigenvalue weighted by molar-refractivity contribution is 6.17. The molecule has 0 saturated carbocycles. The fourth-order valence-electron chi connectivity index (χ4n) is 3.99. The van der Waals surface area contributed by atoms with Gasteiger partial charge in [0.05, 0.1) is 11.6 Å². The van der Waals surface area contributed by atoms with Crippen LogP contribution in [0.4, 0.5) is 4.39 Å². The summed E-state index contributed by atoms with van der Waals surface area (Å²) in [5.74, 6) is 1.91. The lowest BCUT2D eigenvalue weighted by Crippen LogP contribution is -2.48. The van der Waals surface area contributed by atoms with Crippen molar-refractivity contribution in [3.8, 4) is 0 Å². The molecule has 3 saturated heterocycles. The highest BCUT2D eigenvalue weighted by Gasteiger charge is 2.36. The van der Waals surface area contributed by atoms with Crippen LogP contribution in [0.2, 0.25) is 0 Å². The zero-order valence-electron chi connectivity index (χ0n) is 11.9. The maximum atomic E-state index is 14.1. The molecule has 5 heteroatoms. The summed E-state index contributed by atoms with van der Waals surface area (Å²) in [6.07, 6.45) is 3.17. The molecule has 0 N–H and O–H groups in total. The Labute approximate surface area is 128 Å². The zero-order chi connectivity index (χ0) is 14.4. The fraction of sp³-hybridized carbons (Fsp3) is 0.562. The summed E-state index contributed by atoms with van der Waals surface area (Å²) >= 11 is 5.94. The monoisotopic (exact) mass is 307 g/mol. The molecule has 4 heterocycles. The molecule has 2 aromatic rings. The van der Waals surface area contributed by atoms with Gasteiger partial charge in [-0.05, 0) is 44.0 Å². The van der Waals surface area contributed by atoms with Gasteiger partial charge in [-0.25, -0.2) is 9.37 Å². The highest BCUT2D eigenvalue weighted by atomic mass is 35.5. The third-order valence-corrected chi connectivity index (χ3v) is 5.20. The van der Waals surface area contributed by atoms with Crippen molar-refractivity contribution in [1.29, 1.82) is 0 Å². The number of piperidine rings is 3. The molecule has 0 spiro atoms. The Kier molecular flexibility index (Phi) is 3.38. The normalized spacial score (nSPS) is 28.4. The number of aryl methyl sites for hydroxylation is 1. The molecule has 5 rings (SSSR count). The molecule has 3 nitrogen and oxygen atoms in total. The van der Waals surface area contributed by atoms with Gasteiger partial charge in [0.15, 0.2) is 5.82 Å². The summed E-state index contributed by atoms with van der Waals surface area (Å²) < 4.78 is 16.3. The van der Waals surface area contributed by atoms with Crippen LogP contribution >= 0.6 is 11.6 Å². The Balaban J connectivity index is 1.86. The first-order chi connectivity index (χ1) is 10.3. The molecule has 0 aliphatic carbocycles.